The highest BCUT2D eigenvalue weighted by atomic mass is 35.5. The Balaban J connectivity index is 2.20. The Kier molecular flexibility index (Phi) is 5.04. The van der Waals surface area contributed by atoms with Crippen LogP contribution in [-0.2, 0) is 6.54 Å². The van der Waals surface area contributed by atoms with Gasteiger partial charge < -0.3 is 9.64 Å². The number of ether oxygens (including phenoxy) is 1. The molecule has 3 nitrogen and oxygen atoms in total. The molecule has 0 saturated heterocycles. The van der Waals surface area contributed by atoms with Gasteiger partial charge in [-0.05, 0) is 31.2 Å². The fourth-order valence-corrected chi connectivity index (χ4v) is 3.05. The molecule has 0 N–H and O–H groups in total. The first-order valence-electron chi connectivity index (χ1n) is 6.32. The zero-order valence-corrected chi connectivity index (χ0v) is 13.0. The minimum absolute atomic E-state index is 0.0329. The molecule has 0 bridgehead atoms. The predicted molar refractivity (Wildman–Crippen MR) is 82.7 cm³/mol. The standard InChI is InChI=1S/C15H16ClNO2S/c1-3-17(10-11-8-9-14(16)20-11)15(18)12-6-4-5-7-13(12)19-2/h4-9H,3,10H2,1-2H3. The summed E-state index contributed by atoms with van der Waals surface area (Å²) in [6, 6.07) is 11.1. The molecule has 2 aromatic rings. The molecule has 0 spiro atoms. The molecule has 1 heterocycles. The van der Waals surface area contributed by atoms with Gasteiger partial charge in [0.1, 0.15) is 5.75 Å². The Labute approximate surface area is 127 Å². The van der Waals surface area contributed by atoms with Gasteiger partial charge in [0.2, 0.25) is 0 Å². The van der Waals surface area contributed by atoms with E-state index in [1.807, 2.05) is 31.2 Å². The summed E-state index contributed by atoms with van der Waals surface area (Å²) >= 11 is 7.42. The van der Waals surface area contributed by atoms with Crippen LogP contribution in [-0.4, -0.2) is 24.5 Å². The zero-order valence-electron chi connectivity index (χ0n) is 11.4. The van der Waals surface area contributed by atoms with Crippen LogP contribution in [0.15, 0.2) is 36.4 Å². The molecule has 2 rings (SSSR count). The van der Waals surface area contributed by atoms with Crippen molar-refractivity contribution in [2.24, 2.45) is 0 Å². The summed E-state index contributed by atoms with van der Waals surface area (Å²) < 4.78 is 5.99. The molecule has 1 amide bonds. The lowest BCUT2D eigenvalue weighted by Gasteiger charge is -2.21. The number of hydrogen-bond donors (Lipinski definition) is 0. The Hall–Kier alpha value is -1.52. The molecule has 0 aliphatic rings. The quantitative estimate of drug-likeness (QED) is 0.833. The van der Waals surface area contributed by atoms with E-state index in [9.17, 15) is 4.79 Å². The molecule has 0 radical (unpaired) electrons. The second-order valence-electron chi connectivity index (χ2n) is 4.23. The SMILES string of the molecule is CCN(Cc1ccc(Cl)s1)C(=O)c1ccccc1OC. The van der Waals surface area contributed by atoms with Crippen molar-refractivity contribution < 1.29 is 9.53 Å². The minimum atomic E-state index is -0.0329. The summed E-state index contributed by atoms with van der Waals surface area (Å²) in [6.45, 7) is 3.15. The zero-order chi connectivity index (χ0) is 14.5. The third-order valence-electron chi connectivity index (χ3n) is 2.98. The molecule has 0 unspecified atom stereocenters. The van der Waals surface area contributed by atoms with Crippen LogP contribution >= 0.6 is 22.9 Å². The van der Waals surface area contributed by atoms with E-state index in [4.69, 9.17) is 16.3 Å². The van der Waals surface area contributed by atoms with Gasteiger partial charge in [0, 0.05) is 11.4 Å². The third kappa shape index (κ3) is 3.32. The molecule has 0 aliphatic heterocycles. The lowest BCUT2D eigenvalue weighted by Crippen LogP contribution is -2.30. The van der Waals surface area contributed by atoms with Crippen molar-refractivity contribution in [3.63, 3.8) is 0 Å². The first-order valence-corrected chi connectivity index (χ1v) is 7.51. The van der Waals surface area contributed by atoms with Crippen molar-refractivity contribution in [2.45, 2.75) is 13.5 Å². The van der Waals surface area contributed by atoms with Gasteiger partial charge in [0.25, 0.3) is 5.91 Å². The summed E-state index contributed by atoms with van der Waals surface area (Å²) in [5.41, 5.74) is 0.583. The van der Waals surface area contributed by atoms with Crippen molar-refractivity contribution in [3.8, 4) is 5.75 Å². The molecule has 106 valence electrons. The van der Waals surface area contributed by atoms with Gasteiger partial charge in [0.15, 0.2) is 0 Å². The Bertz CT molecular complexity index is 597. The van der Waals surface area contributed by atoms with E-state index in [1.54, 1.807) is 24.1 Å². The van der Waals surface area contributed by atoms with Crippen molar-refractivity contribution in [3.05, 3.63) is 51.2 Å². The summed E-state index contributed by atoms with van der Waals surface area (Å²) in [6.07, 6.45) is 0. The highest BCUT2D eigenvalue weighted by molar-refractivity contribution is 7.16. The second-order valence-corrected chi connectivity index (χ2v) is 6.03. The van der Waals surface area contributed by atoms with Crippen LogP contribution in [0.3, 0.4) is 0 Å². The number of carbonyl (C=O) groups excluding carboxylic acids is 1. The average Bonchev–Trinajstić information content (AvgIpc) is 2.89. The lowest BCUT2D eigenvalue weighted by molar-refractivity contribution is 0.0751. The molecule has 1 aromatic carbocycles. The molecule has 20 heavy (non-hydrogen) atoms. The number of hydrogen-bond acceptors (Lipinski definition) is 3. The molecule has 0 saturated carbocycles. The van der Waals surface area contributed by atoms with Crippen LogP contribution in [0.4, 0.5) is 0 Å². The molecule has 0 fully saturated rings. The molecule has 1 aromatic heterocycles. The molecular formula is C15H16ClNO2S. The highest BCUT2D eigenvalue weighted by Gasteiger charge is 2.18. The summed E-state index contributed by atoms with van der Waals surface area (Å²) in [5, 5.41) is 0. The van der Waals surface area contributed by atoms with Crippen LogP contribution in [0.5, 0.6) is 5.75 Å². The summed E-state index contributed by atoms with van der Waals surface area (Å²) in [4.78, 5) is 15.4. The number of carbonyl (C=O) groups is 1. The molecule has 0 atom stereocenters. The average molecular weight is 310 g/mol. The van der Waals surface area contributed by atoms with E-state index >= 15 is 0 Å². The Morgan fingerprint density at radius 3 is 2.65 bits per heavy atom. The van der Waals surface area contributed by atoms with E-state index in [-0.39, 0.29) is 5.91 Å². The number of para-hydroxylation sites is 1. The van der Waals surface area contributed by atoms with E-state index in [0.29, 0.717) is 24.4 Å². The van der Waals surface area contributed by atoms with E-state index in [1.165, 1.54) is 11.3 Å². The number of halogens is 1. The first-order chi connectivity index (χ1) is 9.65. The van der Waals surface area contributed by atoms with E-state index < -0.39 is 0 Å². The van der Waals surface area contributed by atoms with Crippen molar-refractivity contribution in [1.82, 2.24) is 4.90 Å². The number of thiophene rings is 1. The van der Waals surface area contributed by atoms with Crippen LogP contribution in [0.25, 0.3) is 0 Å². The van der Waals surface area contributed by atoms with Crippen molar-refractivity contribution in [1.29, 1.82) is 0 Å². The van der Waals surface area contributed by atoms with Crippen molar-refractivity contribution in [2.75, 3.05) is 13.7 Å². The molecular weight excluding hydrogens is 294 g/mol. The topological polar surface area (TPSA) is 29.5 Å². The summed E-state index contributed by atoms with van der Waals surface area (Å²) in [7, 11) is 1.57. The van der Waals surface area contributed by atoms with Gasteiger partial charge >= 0.3 is 0 Å². The smallest absolute Gasteiger partial charge is 0.257 e. The van der Waals surface area contributed by atoms with Crippen LogP contribution in [0.1, 0.15) is 22.2 Å². The third-order valence-corrected chi connectivity index (χ3v) is 4.20. The maximum absolute atomic E-state index is 12.6. The molecule has 0 aliphatic carbocycles. The maximum Gasteiger partial charge on any atom is 0.257 e. The van der Waals surface area contributed by atoms with Gasteiger partial charge in [-0.1, -0.05) is 23.7 Å². The van der Waals surface area contributed by atoms with Gasteiger partial charge in [-0.15, -0.1) is 11.3 Å². The predicted octanol–water partition coefficient (Wildman–Crippen LogP) is 4.07. The maximum atomic E-state index is 12.6. The molecule has 5 heteroatoms. The number of nitrogens with zero attached hydrogens (tertiary/aromatic N) is 1. The fourth-order valence-electron chi connectivity index (χ4n) is 1.94. The second kappa shape index (κ2) is 6.77. The Morgan fingerprint density at radius 2 is 2.05 bits per heavy atom. The van der Waals surface area contributed by atoms with Gasteiger partial charge in [-0.25, -0.2) is 0 Å². The normalized spacial score (nSPS) is 10.3. The van der Waals surface area contributed by atoms with Crippen LogP contribution in [0.2, 0.25) is 4.34 Å². The number of methoxy groups -OCH3 is 1. The monoisotopic (exact) mass is 309 g/mol. The van der Waals surface area contributed by atoms with Gasteiger partial charge in [0.05, 0.1) is 23.6 Å². The van der Waals surface area contributed by atoms with Crippen LogP contribution < -0.4 is 4.74 Å². The van der Waals surface area contributed by atoms with Crippen molar-refractivity contribution >= 4 is 28.8 Å². The van der Waals surface area contributed by atoms with Crippen LogP contribution in [0, 0.1) is 0 Å². The van der Waals surface area contributed by atoms with Gasteiger partial charge in [-0.3, -0.25) is 4.79 Å². The van der Waals surface area contributed by atoms with E-state index in [0.717, 1.165) is 9.21 Å². The minimum Gasteiger partial charge on any atom is -0.496 e. The van der Waals surface area contributed by atoms with Gasteiger partial charge in [-0.2, -0.15) is 0 Å². The number of amides is 1. The first kappa shape index (κ1) is 14.9. The summed E-state index contributed by atoms with van der Waals surface area (Å²) in [5.74, 6) is 0.564. The lowest BCUT2D eigenvalue weighted by atomic mass is 10.1. The Morgan fingerprint density at radius 1 is 1.30 bits per heavy atom. The fraction of sp³-hybridized carbons (Fsp3) is 0.267. The largest absolute Gasteiger partial charge is 0.496 e. The highest BCUT2D eigenvalue weighted by Crippen LogP contribution is 2.25. The number of rotatable bonds is 5. The number of benzene rings is 1. The van der Waals surface area contributed by atoms with E-state index in [2.05, 4.69) is 0 Å².